The Kier molecular flexibility index (Phi) is 7.77. The highest BCUT2D eigenvalue weighted by Gasteiger charge is 2.49. The van der Waals surface area contributed by atoms with E-state index in [0.717, 1.165) is 67.3 Å². The van der Waals surface area contributed by atoms with Gasteiger partial charge in [0, 0.05) is 42.9 Å². The van der Waals surface area contributed by atoms with Crippen molar-refractivity contribution in [3.8, 4) is 11.3 Å². The van der Waals surface area contributed by atoms with Gasteiger partial charge in [0.2, 0.25) is 0 Å². The number of aromatic nitrogens is 2. The number of halogens is 1. The fourth-order valence-electron chi connectivity index (χ4n) is 7.80. The second-order valence-electron chi connectivity index (χ2n) is 12.8. The minimum Gasteiger partial charge on any atom is -0.324 e. The Morgan fingerprint density at radius 1 is 1.05 bits per heavy atom. The van der Waals surface area contributed by atoms with Crippen LogP contribution < -0.4 is 5.56 Å². The number of piperidine rings is 2. The van der Waals surface area contributed by atoms with Crippen LogP contribution in [-0.4, -0.2) is 45.0 Å². The average Bonchev–Trinajstić information content (AvgIpc) is 3.44. The molecule has 1 saturated carbocycles. The minimum atomic E-state index is -0.265. The van der Waals surface area contributed by atoms with Gasteiger partial charge in [-0.1, -0.05) is 62.7 Å². The molecule has 7 heteroatoms. The van der Waals surface area contributed by atoms with E-state index < -0.39 is 0 Å². The maximum absolute atomic E-state index is 14.2. The van der Waals surface area contributed by atoms with Crippen LogP contribution in [0.25, 0.3) is 17.0 Å². The van der Waals surface area contributed by atoms with E-state index in [1.807, 2.05) is 47.1 Å². The lowest BCUT2D eigenvalue weighted by atomic mass is 9.68. The van der Waals surface area contributed by atoms with Crippen molar-refractivity contribution in [2.75, 3.05) is 19.6 Å². The zero-order valence-electron chi connectivity index (χ0n) is 24.8. The lowest BCUT2D eigenvalue weighted by Crippen LogP contribution is -2.55. The molecule has 6 nitrogen and oxygen atoms in total. The van der Waals surface area contributed by atoms with Crippen LogP contribution in [0.1, 0.15) is 69.0 Å². The van der Waals surface area contributed by atoms with Gasteiger partial charge in [0.25, 0.3) is 5.56 Å². The smallest absolute Gasteiger partial charge is 0.320 e. The summed E-state index contributed by atoms with van der Waals surface area (Å²) >= 11 is 0. The molecule has 2 aromatic carbocycles. The molecule has 3 aromatic rings. The van der Waals surface area contributed by atoms with Gasteiger partial charge in [0.1, 0.15) is 12.1 Å². The molecule has 6 rings (SSSR count). The van der Waals surface area contributed by atoms with Crippen molar-refractivity contribution in [2.45, 2.75) is 64.8 Å². The number of nitrogens with zero attached hydrogens (tertiary/aromatic N) is 4. The number of urea groups is 1. The zero-order chi connectivity index (χ0) is 29.4. The van der Waals surface area contributed by atoms with E-state index in [1.165, 1.54) is 6.07 Å². The molecular weight excluding hydrogens is 527 g/mol. The molecule has 220 valence electrons. The summed E-state index contributed by atoms with van der Waals surface area (Å²) in [4.78, 5) is 36.2. The van der Waals surface area contributed by atoms with Gasteiger partial charge in [-0.25, -0.2) is 14.2 Å². The first-order valence-corrected chi connectivity index (χ1v) is 15.4. The molecule has 0 unspecified atom stereocenters. The summed E-state index contributed by atoms with van der Waals surface area (Å²) in [5, 5.41) is 0. The Labute approximate surface area is 247 Å². The molecule has 1 aliphatic carbocycles. The second kappa shape index (κ2) is 11.5. The Hall–Kier alpha value is -3.74. The van der Waals surface area contributed by atoms with E-state index in [0.29, 0.717) is 31.2 Å². The van der Waals surface area contributed by atoms with Gasteiger partial charge in [-0.2, -0.15) is 0 Å². The quantitative estimate of drug-likeness (QED) is 0.332. The normalized spacial score (nSPS) is 23.7. The standard InChI is InChI=1S/C35H41FN4O2/c1-24-13-18-39(32(19-24)27-10-8-11-28(36)20-27)34(42)38-17-14-30(35(22-38)15-6-7-16-35)26(3)40-23-37-31(21-33(40)41)29-12-5-4-9-25(29)2/h4-5,8-12,20-21,23-24,30,32H,3,6-7,13-19,22H2,1-2H3/t24-,30+,32+/m1/s1. The zero-order valence-corrected chi connectivity index (χ0v) is 24.8. The number of amides is 2. The molecule has 1 aromatic heterocycles. The van der Waals surface area contributed by atoms with E-state index in [9.17, 15) is 14.0 Å². The highest BCUT2D eigenvalue weighted by atomic mass is 19.1. The predicted molar refractivity (Wildman–Crippen MR) is 164 cm³/mol. The van der Waals surface area contributed by atoms with Crippen LogP contribution in [0.2, 0.25) is 0 Å². The molecule has 3 fully saturated rings. The fourth-order valence-corrected chi connectivity index (χ4v) is 7.80. The molecule has 3 atom stereocenters. The summed E-state index contributed by atoms with van der Waals surface area (Å²) in [7, 11) is 0. The van der Waals surface area contributed by atoms with Gasteiger partial charge in [-0.15, -0.1) is 0 Å². The highest BCUT2D eigenvalue weighted by molar-refractivity contribution is 5.75. The maximum Gasteiger partial charge on any atom is 0.320 e. The van der Waals surface area contributed by atoms with Crippen molar-refractivity contribution in [3.05, 3.63) is 94.8 Å². The molecule has 2 amide bonds. The topological polar surface area (TPSA) is 58.4 Å². The van der Waals surface area contributed by atoms with Gasteiger partial charge >= 0.3 is 6.03 Å². The molecule has 42 heavy (non-hydrogen) atoms. The van der Waals surface area contributed by atoms with Gasteiger partial charge in [0.15, 0.2) is 0 Å². The molecule has 0 radical (unpaired) electrons. The molecule has 0 N–H and O–H groups in total. The number of allylic oxidation sites excluding steroid dienone is 1. The first kappa shape index (κ1) is 28.4. The summed E-state index contributed by atoms with van der Waals surface area (Å²) in [5.74, 6) is 0.300. The summed E-state index contributed by atoms with van der Waals surface area (Å²) in [6.07, 6.45) is 8.40. The van der Waals surface area contributed by atoms with Crippen LogP contribution in [0.15, 0.2) is 72.3 Å². The third kappa shape index (κ3) is 5.30. The molecule has 2 aliphatic heterocycles. The third-order valence-corrected chi connectivity index (χ3v) is 10.1. The van der Waals surface area contributed by atoms with Gasteiger partial charge in [0.05, 0.1) is 11.7 Å². The Morgan fingerprint density at radius 3 is 2.57 bits per heavy atom. The number of likely N-dealkylation sites (tertiary alicyclic amines) is 2. The Balaban J connectivity index is 1.24. The molecule has 3 heterocycles. The van der Waals surface area contributed by atoms with E-state index >= 15 is 0 Å². The van der Waals surface area contributed by atoms with Gasteiger partial charge < -0.3 is 9.80 Å². The van der Waals surface area contributed by atoms with E-state index in [-0.39, 0.29) is 34.8 Å². The number of rotatable bonds is 4. The van der Waals surface area contributed by atoms with Crippen molar-refractivity contribution < 1.29 is 9.18 Å². The van der Waals surface area contributed by atoms with Gasteiger partial charge in [-0.3, -0.25) is 9.36 Å². The van der Waals surface area contributed by atoms with Crippen molar-refractivity contribution in [3.63, 3.8) is 0 Å². The van der Waals surface area contributed by atoms with Crippen LogP contribution >= 0.6 is 0 Å². The van der Waals surface area contributed by atoms with Crippen LogP contribution in [0.4, 0.5) is 9.18 Å². The Bertz CT molecular complexity index is 1540. The lowest BCUT2D eigenvalue weighted by molar-refractivity contribution is 0.0438. The predicted octanol–water partition coefficient (Wildman–Crippen LogP) is 7.30. The van der Waals surface area contributed by atoms with Crippen molar-refractivity contribution in [1.29, 1.82) is 0 Å². The van der Waals surface area contributed by atoms with Crippen LogP contribution in [-0.2, 0) is 0 Å². The molecular formula is C35H41FN4O2. The number of hydrogen-bond donors (Lipinski definition) is 0. The number of carbonyl (C=O) groups excluding carboxylic acids is 1. The highest BCUT2D eigenvalue weighted by Crippen LogP contribution is 2.52. The summed E-state index contributed by atoms with van der Waals surface area (Å²) in [6, 6.07) is 16.2. The van der Waals surface area contributed by atoms with E-state index in [1.54, 1.807) is 29.1 Å². The SMILES string of the molecule is C=C([C@@H]1CCN(C(=O)N2CC[C@@H](C)C[C@H]2c2cccc(F)c2)CC12CCCC2)n1cnc(-c2ccccc2C)cc1=O. The second-order valence-corrected chi connectivity index (χ2v) is 12.8. The number of benzene rings is 2. The van der Waals surface area contributed by atoms with E-state index in [2.05, 4.69) is 18.5 Å². The Morgan fingerprint density at radius 2 is 1.83 bits per heavy atom. The van der Waals surface area contributed by atoms with Crippen molar-refractivity contribution in [1.82, 2.24) is 19.4 Å². The van der Waals surface area contributed by atoms with Crippen LogP contribution in [0, 0.1) is 30.0 Å². The minimum absolute atomic E-state index is 0.0490. The monoisotopic (exact) mass is 568 g/mol. The average molecular weight is 569 g/mol. The summed E-state index contributed by atoms with van der Waals surface area (Å²) in [6.45, 7) is 10.6. The third-order valence-electron chi connectivity index (χ3n) is 10.1. The van der Waals surface area contributed by atoms with Crippen molar-refractivity contribution >= 4 is 11.7 Å². The molecule has 2 saturated heterocycles. The first-order chi connectivity index (χ1) is 20.3. The van der Waals surface area contributed by atoms with Crippen LogP contribution in [0.3, 0.4) is 0 Å². The largest absolute Gasteiger partial charge is 0.324 e. The number of aryl methyl sites for hydroxylation is 1. The van der Waals surface area contributed by atoms with Crippen molar-refractivity contribution in [2.24, 2.45) is 17.3 Å². The molecule has 1 spiro atoms. The van der Waals surface area contributed by atoms with Gasteiger partial charge in [-0.05, 0) is 73.6 Å². The molecule has 0 bridgehead atoms. The maximum atomic E-state index is 14.2. The summed E-state index contributed by atoms with van der Waals surface area (Å²) < 4.78 is 15.8. The van der Waals surface area contributed by atoms with Crippen LogP contribution in [0.5, 0.6) is 0 Å². The van der Waals surface area contributed by atoms with E-state index in [4.69, 9.17) is 0 Å². The number of carbonyl (C=O) groups is 1. The first-order valence-electron chi connectivity index (χ1n) is 15.4. The molecule has 3 aliphatic rings. The fraction of sp³-hybridized carbons (Fsp3) is 0.457. The lowest BCUT2D eigenvalue weighted by Gasteiger charge is -2.49. The number of hydrogen-bond acceptors (Lipinski definition) is 3. The summed E-state index contributed by atoms with van der Waals surface area (Å²) in [5.41, 5.74) is 4.11.